The first kappa shape index (κ1) is 17.5. The van der Waals surface area contributed by atoms with Crippen molar-refractivity contribution in [2.75, 3.05) is 31.7 Å². The molecule has 0 radical (unpaired) electrons. The summed E-state index contributed by atoms with van der Waals surface area (Å²) in [4.78, 5) is 2.40. The zero-order valence-corrected chi connectivity index (χ0v) is 14.7. The van der Waals surface area contributed by atoms with Crippen molar-refractivity contribution in [3.05, 3.63) is 28.2 Å². The molecule has 0 aliphatic rings. The van der Waals surface area contributed by atoms with E-state index < -0.39 is 0 Å². The van der Waals surface area contributed by atoms with Crippen LogP contribution in [0.1, 0.15) is 32.8 Å². The van der Waals surface area contributed by atoms with Crippen LogP contribution >= 0.6 is 15.9 Å². The van der Waals surface area contributed by atoms with Gasteiger partial charge in [0, 0.05) is 36.4 Å². The number of ether oxygens (including phenoxy) is 1. The van der Waals surface area contributed by atoms with Crippen LogP contribution < -0.4 is 10.2 Å². The van der Waals surface area contributed by atoms with Gasteiger partial charge in [-0.05, 0) is 50.6 Å². The molecule has 0 saturated heterocycles. The smallest absolute Gasteiger partial charge is 0.0663 e. The second kappa shape index (κ2) is 9.37. The lowest BCUT2D eigenvalue weighted by atomic mass is 10.1. The minimum Gasteiger partial charge on any atom is -0.383 e. The van der Waals surface area contributed by atoms with Crippen molar-refractivity contribution < 1.29 is 4.74 Å². The van der Waals surface area contributed by atoms with E-state index >= 15 is 0 Å². The third-order valence-electron chi connectivity index (χ3n) is 3.37. The highest BCUT2D eigenvalue weighted by Crippen LogP contribution is 2.26. The predicted octanol–water partition coefficient (Wildman–Crippen LogP) is 3.81. The molecule has 0 spiro atoms. The molecule has 0 amide bonds. The number of methoxy groups -OCH3 is 1. The van der Waals surface area contributed by atoms with Gasteiger partial charge in [0.2, 0.25) is 0 Å². The molecule has 0 saturated carbocycles. The molecule has 0 fully saturated rings. The summed E-state index contributed by atoms with van der Waals surface area (Å²) < 4.78 is 6.43. The molecule has 1 aromatic carbocycles. The van der Waals surface area contributed by atoms with Gasteiger partial charge < -0.3 is 15.0 Å². The van der Waals surface area contributed by atoms with E-state index in [0.29, 0.717) is 6.04 Å². The fraction of sp³-hybridized carbons (Fsp3) is 0.625. The molecule has 0 aromatic heterocycles. The van der Waals surface area contributed by atoms with Crippen LogP contribution in [-0.4, -0.2) is 32.8 Å². The molecule has 0 heterocycles. The molecular formula is C16H27BrN2O. The average molecular weight is 343 g/mol. The summed E-state index contributed by atoms with van der Waals surface area (Å²) in [7, 11) is 1.76. The number of hydrogen-bond donors (Lipinski definition) is 1. The fourth-order valence-corrected chi connectivity index (χ4v) is 2.83. The average Bonchev–Trinajstić information content (AvgIpc) is 2.42. The van der Waals surface area contributed by atoms with Gasteiger partial charge in [-0.25, -0.2) is 0 Å². The summed E-state index contributed by atoms with van der Waals surface area (Å²) in [6.07, 6.45) is 1.15. The third kappa shape index (κ3) is 5.08. The van der Waals surface area contributed by atoms with E-state index in [-0.39, 0.29) is 0 Å². The Morgan fingerprint density at radius 1 is 1.35 bits per heavy atom. The van der Waals surface area contributed by atoms with Gasteiger partial charge in [0.05, 0.1) is 6.61 Å². The SMILES string of the molecule is CCCNCc1cc(Br)ccc1N(CC)C(C)COC. The van der Waals surface area contributed by atoms with Gasteiger partial charge in [-0.1, -0.05) is 22.9 Å². The second-order valence-corrected chi connectivity index (χ2v) is 5.96. The highest BCUT2D eigenvalue weighted by Gasteiger charge is 2.16. The van der Waals surface area contributed by atoms with Gasteiger partial charge >= 0.3 is 0 Å². The van der Waals surface area contributed by atoms with Crippen LogP contribution in [0.2, 0.25) is 0 Å². The van der Waals surface area contributed by atoms with Crippen molar-refractivity contribution in [1.29, 1.82) is 0 Å². The lowest BCUT2D eigenvalue weighted by Gasteiger charge is -2.31. The molecule has 20 heavy (non-hydrogen) atoms. The molecule has 0 bridgehead atoms. The number of likely N-dealkylation sites (N-methyl/N-ethyl adjacent to an activating group) is 1. The first-order valence-electron chi connectivity index (χ1n) is 7.38. The van der Waals surface area contributed by atoms with Crippen molar-refractivity contribution in [1.82, 2.24) is 5.32 Å². The van der Waals surface area contributed by atoms with E-state index in [4.69, 9.17) is 4.74 Å². The first-order chi connectivity index (χ1) is 9.63. The summed E-state index contributed by atoms with van der Waals surface area (Å²) in [6, 6.07) is 6.89. The molecule has 0 aliphatic carbocycles. The fourth-order valence-electron chi connectivity index (χ4n) is 2.43. The third-order valence-corrected chi connectivity index (χ3v) is 3.87. The van der Waals surface area contributed by atoms with Crippen LogP contribution in [0.5, 0.6) is 0 Å². The Morgan fingerprint density at radius 3 is 2.70 bits per heavy atom. The molecule has 4 heteroatoms. The Kier molecular flexibility index (Phi) is 8.19. The summed E-state index contributed by atoms with van der Waals surface area (Å²) >= 11 is 3.57. The largest absolute Gasteiger partial charge is 0.383 e. The molecule has 1 unspecified atom stereocenters. The summed E-state index contributed by atoms with van der Waals surface area (Å²) in [5, 5.41) is 3.49. The summed E-state index contributed by atoms with van der Waals surface area (Å²) in [6.45, 7) is 10.3. The van der Waals surface area contributed by atoms with Crippen molar-refractivity contribution in [2.45, 2.75) is 39.8 Å². The maximum Gasteiger partial charge on any atom is 0.0663 e. The zero-order chi connectivity index (χ0) is 15.0. The number of rotatable bonds is 9. The normalized spacial score (nSPS) is 12.4. The van der Waals surface area contributed by atoms with E-state index in [0.717, 1.165) is 37.1 Å². The molecule has 3 nitrogen and oxygen atoms in total. The van der Waals surface area contributed by atoms with Crippen LogP contribution in [-0.2, 0) is 11.3 Å². The number of benzene rings is 1. The van der Waals surface area contributed by atoms with Gasteiger partial charge in [-0.15, -0.1) is 0 Å². The molecular weight excluding hydrogens is 316 g/mol. The molecule has 1 atom stereocenters. The quantitative estimate of drug-likeness (QED) is 0.690. The van der Waals surface area contributed by atoms with E-state index in [1.54, 1.807) is 7.11 Å². The minimum absolute atomic E-state index is 0.371. The van der Waals surface area contributed by atoms with Crippen molar-refractivity contribution in [3.8, 4) is 0 Å². The van der Waals surface area contributed by atoms with Crippen LogP contribution in [0, 0.1) is 0 Å². The van der Waals surface area contributed by atoms with Crippen LogP contribution in [0.4, 0.5) is 5.69 Å². The standard InChI is InChI=1S/C16H27BrN2O/c1-5-9-18-11-14-10-15(17)7-8-16(14)19(6-2)13(3)12-20-4/h7-8,10,13,18H,5-6,9,11-12H2,1-4H3. The second-order valence-electron chi connectivity index (χ2n) is 5.04. The van der Waals surface area contributed by atoms with Crippen molar-refractivity contribution >= 4 is 21.6 Å². The highest BCUT2D eigenvalue weighted by molar-refractivity contribution is 9.10. The Labute approximate surface area is 131 Å². The number of anilines is 1. The van der Waals surface area contributed by atoms with Gasteiger partial charge in [-0.3, -0.25) is 0 Å². The van der Waals surface area contributed by atoms with E-state index in [9.17, 15) is 0 Å². The molecule has 0 aliphatic heterocycles. The first-order valence-corrected chi connectivity index (χ1v) is 8.18. The topological polar surface area (TPSA) is 24.5 Å². The summed E-state index contributed by atoms with van der Waals surface area (Å²) in [5.74, 6) is 0. The van der Waals surface area contributed by atoms with E-state index in [1.807, 2.05) is 0 Å². The predicted molar refractivity (Wildman–Crippen MR) is 90.5 cm³/mol. The number of hydrogen-bond acceptors (Lipinski definition) is 3. The van der Waals surface area contributed by atoms with E-state index in [1.165, 1.54) is 11.3 Å². The van der Waals surface area contributed by atoms with Gasteiger partial charge in [0.1, 0.15) is 0 Å². The number of halogens is 1. The van der Waals surface area contributed by atoms with Crippen LogP contribution in [0.15, 0.2) is 22.7 Å². The maximum absolute atomic E-state index is 5.30. The highest BCUT2D eigenvalue weighted by atomic mass is 79.9. The maximum atomic E-state index is 5.30. The Morgan fingerprint density at radius 2 is 2.10 bits per heavy atom. The molecule has 1 N–H and O–H groups in total. The van der Waals surface area contributed by atoms with Crippen molar-refractivity contribution in [3.63, 3.8) is 0 Å². The lowest BCUT2D eigenvalue weighted by Crippen LogP contribution is -2.37. The monoisotopic (exact) mass is 342 g/mol. The van der Waals surface area contributed by atoms with Crippen LogP contribution in [0.3, 0.4) is 0 Å². The van der Waals surface area contributed by atoms with Gasteiger partial charge in [0.25, 0.3) is 0 Å². The molecule has 114 valence electrons. The summed E-state index contributed by atoms with van der Waals surface area (Å²) in [5.41, 5.74) is 2.63. The molecule has 1 rings (SSSR count). The Hall–Kier alpha value is -0.580. The number of nitrogens with zero attached hydrogens (tertiary/aromatic N) is 1. The zero-order valence-electron chi connectivity index (χ0n) is 13.1. The lowest BCUT2D eigenvalue weighted by molar-refractivity contribution is 0.182. The van der Waals surface area contributed by atoms with E-state index in [2.05, 4.69) is 65.1 Å². The van der Waals surface area contributed by atoms with Crippen molar-refractivity contribution in [2.24, 2.45) is 0 Å². The van der Waals surface area contributed by atoms with Crippen LogP contribution in [0.25, 0.3) is 0 Å². The van der Waals surface area contributed by atoms with Gasteiger partial charge in [-0.2, -0.15) is 0 Å². The minimum atomic E-state index is 0.371. The Balaban J connectivity index is 2.94. The molecule has 1 aromatic rings. The van der Waals surface area contributed by atoms with Gasteiger partial charge in [0.15, 0.2) is 0 Å². The Bertz CT molecular complexity index is 398. The number of nitrogens with one attached hydrogen (secondary N) is 1.